The molecule has 0 saturated carbocycles. The first-order valence-corrected chi connectivity index (χ1v) is 23.4. The van der Waals surface area contributed by atoms with Gasteiger partial charge < -0.3 is 38.5 Å². The van der Waals surface area contributed by atoms with Gasteiger partial charge >= 0.3 is 18.0 Å². The average molecular weight is 968 g/mol. The Kier molecular flexibility index (Phi) is 15.0. The lowest BCUT2D eigenvalue weighted by molar-refractivity contribution is 0.0141. The molecule has 1 fully saturated rings. The maximum absolute atomic E-state index is 13.9. The summed E-state index contributed by atoms with van der Waals surface area (Å²) < 4.78 is 22.6. The summed E-state index contributed by atoms with van der Waals surface area (Å²) in [4.78, 5) is 83.0. The van der Waals surface area contributed by atoms with Crippen molar-refractivity contribution in [2.24, 2.45) is 0 Å². The second kappa shape index (κ2) is 20.9. The quantitative estimate of drug-likeness (QED) is 0.0515. The Balaban J connectivity index is 1.19. The Morgan fingerprint density at radius 1 is 0.797 bits per heavy atom. The molecular weight excluding hydrogens is 911 g/mol. The molecule has 4 aromatic heterocycles. The van der Waals surface area contributed by atoms with Gasteiger partial charge in [-0.05, 0) is 84.7 Å². The van der Waals surface area contributed by atoms with Crippen LogP contribution in [0.15, 0.2) is 42.5 Å². The molecule has 366 valence electrons. The normalized spacial score (nSPS) is 13.4. The lowest BCUT2D eigenvalue weighted by Crippen LogP contribution is -2.50. The fourth-order valence-corrected chi connectivity index (χ4v) is 8.91. The van der Waals surface area contributed by atoms with Gasteiger partial charge in [0.1, 0.15) is 38.7 Å². The van der Waals surface area contributed by atoms with E-state index in [0.717, 1.165) is 5.01 Å². The number of carbonyl (C=O) groups excluding carboxylic acids is 3. The number of rotatable bonds is 18. The third-order valence-electron chi connectivity index (χ3n) is 11.2. The zero-order valence-corrected chi connectivity index (χ0v) is 40.7. The minimum Gasteiger partial charge on any atom is -0.494 e. The summed E-state index contributed by atoms with van der Waals surface area (Å²) in [6, 6.07) is 7.31. The Labute approximate surface area is 401 Å². The third kappa shape index (κ3) is 11.3. The number of allylic oxidation sites excluding steroid dienone is 2. The van der Waals surface area contributed by atoms with Crippen LogP contribution in [0.2, 0.25) is 0 Å². The highest BCUT2D eigenvalue weighted by molar-refractivity contribution is 7.13. The summed E-state index contributed by atoms with van der Waals surface area (Å²) in [6.45, 7) is 16.8. The number of nitrogens with one attached hydrogen (secondary N) is 2. The van der Waals surface area contributed by atoms with Gasteiger partial charge in [0, 0.05) is 52.4 Å². The molecular formula is C47H57N11O10S. The molecule has 0 unspecified atom stereocenters. The number of carbonyl (C=O) groups is 5. The van der Waals surface area contributed by atoms with Crippen LogP contribution in [0.5, 0.6) is 11.5 Å². The van der Waals surface area contributed by atoms with Crippen molar-refractivity contribution in [3.05, 3.63) is 80.6 Å². The van der Waals surface area contributed by atoms with Crippen molar-refractivity contribution in [2.45, 2.75) is 86.5 Å². The van der Waals surface area contributed by atoms with Crippen LogP contribution >= 0.6 is 11.3 Å². The smallest absolute Gasteiger partial charge is 0.410 e. The zero-order valence-electron chi connectivity index (χ0n) is 39.9. The molecule has 1 aliphatic rings. The van der Waals surface area contributed by atoms with Crippen molar-refractivity contribution in [1.82, 2.24) is 43.7 Å². The average Bonchev–Trinajstić information content (AvgIpc) is 4.07. The van der Waals surface area contributed by atoms with Crippen molar-refractivity contribution < 1.29 is 48.4 Å². The van der Waals surface area contributed by atoms with E-state index in [-0.39, 0.29) is 71.3 Å². The summed E-state index contributed by atoms with van der Waals surface area (Å²) >= 11 is 1.26. The lowest BCUT2D eigenvalue weighted by Gasteiger charge is -2.35. The number of hydrogen-bond donors (Lipinski definition) is 4. The number of methoxy groups -OCH3 is 1. The summed E-state index contributed by atoms with van der Waals surface area (Å²) in [5.74, 6) is -2.55. The Morgan fingerprint density at radius 2 is 1.38 bits per heavy atom. The predicted molar refractivity (Wildman–Crippen MR) is 258 cm³/mol. The first kappa shape index (κ1) is 49.6. The number of nitrogens with zero attached hydrogens (tertiary/aromatic N) is 9. The van der Waals surface area contributed by atoms with Crippen molar-refractivity contribution in [1.29, 1.82) is 0 Å². The SMILES string of the molecule is CCc1nc(C)sc1C(=O)Nc1nc2cc(C(=O)O)cc(OCCCN3CCN(C(=O)OC(C)(C)C)CC3)c2n1C/C=C/Cn1c(NC(=O)c2cc(C)nn2CC)nc2cc(C(=O)O)cc(OC)c21. The van der Waals surface area contributed by atoms with Crippen LogP contribution in [0.1, 0.15) is 98.3 Å². The first-order valence-electron chi connectivity index (χ1n) is 22.6. The van der Waals surface area contributed by atoms with Crippen molar-refractivity contribution in [2.75, 3.05) is 57.1 Å². The molecule has 1 aliphatic heterocycles. The van der Waals surface area contributed by atoms with E-state index in [0.29, 0.717) is 85.1 Å². The van der Waals surface area contributed by atoms with E-state index in [9.17, 15) is 34.2 Å². The number of aromatic nitrogens is 7. The van der Waals surface area contributed by atoms with Gasteiger partial charge in [-0.25, -0.2) is 29.3 Å². The molecule has 0 aliphatic carbocycles. The van der Waals surface area contributed by atoms with E-state index in [1.165, 1.54) is 42.7 Å². The molecule has 6 aromatic rings. The number of carboxylic acid groups (broad SMARTS) is 2. The van der Waals surface area contributed by atoms with Gasteiger partial charge in [-0.15, -0.1) is 11.3 Å². The number of benzene rings is 2. The molecule has 7 rings (SSSR count). The highest BCUT2D eigenvalue weighted by Crippen LogP contribution is 2.34. The largest absolute Gasteiger partial charge is 0.494 e. The van der Waals surface area contributed by atoms with E-state index < -0.39 is 29.4 Å². The number of anilines is 2. The van der Waals surface area contributed by atoms with Crippen LogP contribution in [-0.4, -0.2) is 136 Å². The number of aryl methyl sites for hydroxylation is 4. The van der Waals surface area contributed by atoms with Gasteiger partial charge in [-0.3, -0.25) is 29.8 Å². The maximum Gasteiger partial charge on any atom is 0.410 e. The molecule has 1 saturated heterocycles. The van der Waals surface area contributed by atoms with Gasteiger partial charge in [0.05, 0.1) is 52.3 Å². The van der Waals surface area contributed by atoms with Gasteiger partial charge in [0.15, 0.2) is 0 Å². The molecule has 21 nitrogen and oxygen atoms in total. The van der Waals surface area contributed by atoms with Crippen LogP contribution in [0.4, 0.5) is 16.7 Å². The minimum atomic E-state index is -1.19. The fourth-order valence-electron chi connectivity index (χ4n) is 8.01. The maximum atomic E-state index is 13.9. The van der Waals surface area contributed by atoms with E-state index in [1.807, 2.05) is 47.6 Å². The molecule has 5 heterocycles. The topological polar surface area (TPSA) is 250 Å². The van der Waals surface area contributed by atoms with Gasteiger partial charge in [-0.2, -0.15) is 5.10 Å². The van der Waals surface area contributed by atoms with E-state index >= 15 is 0 Å². The number of hydrogen-bond acceptors (Lipinski definition) is 14. The Bertz CT molecular complexity index is 2950. The minimum absolute atomic E-state index is 0.0552. The summed E-state index contributed by atoms with van der Waals surface area (Å²) in [6.07, 6.45) is 4.39. The van der Waals surface area contributed by atoms with E-state index in [4.69, 9.17) is 19.2 Å². The van der Waals surface area contributed by atoms with Gasteiger partial charge in [0.2, 0.25) is 11.9 Å². The number of aromatic carboxylic acids is 2. The standard InChI is InChI=1S/C47H57N11O10S/c1-9-31-39(69-28(4)48-31)41(60)52-45-50-33-24-30(43(63)64)26-36(67-21-13-14-54-17-19-55(20-18-54)46(65)68-47(5,6)7)38(33)57(45)16-12-11-15-56-37-32(23-29(42(61)62)25-35(37)66-8)49-44(56)51-40(59)34-22-27(3)53-58(34)10-2/h11-12,22-26H,9-10,13-21H2,1-8H3,(H,61,62)(H,63,64)(H,49,51,59)(H,50,52,60)/b12-11+. The van der Waals surface area contributed by atoms with Crippen LogP contribution in [0.25, 0.3) is 22.1 Å². The third-order valence-corrected chi connectivity index (χ3v) is 12.2. The summed E-state index contributed by atoms with van der Waals surface area (Å²) in [7, 11) is 1.41. The molecule has 2 aromatic carbocycles. The van der Waals surface area contributed by atoms with E-state index in [1.54, 1.807) is 37.8 Å². The second-order valence-electron chi connectivity index (χ2n) is 17.3. The molecule has 22 heteroatoms. The monoisotopic (exact) mass is 967 g/mol. The number of amides is 3. The number of carboxylic acids is 2. The van der Waals surface area contributed by atoms with Crippen LogP contribution < -0.4 is 20.1 Å². The molecule has 0 radical (unpaired) electrons. The number of thiazole rings is 1. The van der Waals surface area contributed by atoms with E-state index in [2.05, 4.69) is 30.6 Å². The molecule has 4 N–H and O–H groups in total. The molecule has 0 bridgehead atoms. The van der Waals surface area contributed by atoms with Crippen LogP contribution in [-0.2, 0) is 30.8 Å². The van der Waals surface area contributed by atoms with Gasteiger partial charge in [-0.1, -0.05) is 19.1 Å². The number of imidazole rings is 2. The second-order valence-corrected chi connectivity index (χ2v) is 18.5. The van der Waals surface area contributed by atoms with Crippen LogP contribution in [0.3, 0.4) is 0 Å². The Hall–Kier alpha value is -7.33. The van der Waals surface area contributed by atoms with Crippen LogP contribution in [0, 0.1) is 13.8 Å². The molecule has 69 heavy (non-hydrogen) atoms. The fraction of sp³-hybridized carbons (Fsp3) is 0.426. The number of piperazine rings is 1. The molecule has 3 amide bonds. The zero-order chi connectivity index (χ0) is 49.7. The summed E-state index contributed by atoms with van der Waals surface area (Å²) in [5, 5.41) is 31.0. The number of fused-ring (bicyclic) bond motifs is 2. The molecule has 0 atom stereocenters. The molecule has 0 spiro atoms. The lowest BCUT2D eigenvalue weighted by atomic mass is 10.2. The highest BCUT2D eigenvalue weighted by atomic mass is 32.1. The highest BCUT2D eigenvalue weighted by Gasteiger charge is 2.27. The number of ether oxygens (including phenoxy) is 3. The van der Waals surface area contributed by atoms with Crippen molar-refractivity contribution in [3.63, 3.8) is 0 Å². The Morgan fingerprint density at radius 3 is 1.93 bits per heavy atom. The first-order chi connectivity index (χ1) is 32.9. The van der Waals surface area contributed by atoms with Crippen molar-refractivity contribution in [3.8, 4) is 11.5 Å². The summed E-state index contributed by atoms with van der Waals surface area (Å²) in [5.41, 5.74) is 2.31. The predicted octanol–water partition coefficient (Wildman–Crippen LogP) is 6.73. The van der Waals surface area contributed by atoms with Crippen molar-refractivity contribution >= 4 is 75.1 Å². The van der Waals surface area contributed by atoms with Gasteiger partial charge in [0.25, 0.3) is 11.8 Å².